The summed E-state index contributed by atoms with van der Waals surface area (Å²) in [6.07, 6.45) is 4.76. The number of anilines is 1. The van der Waals surface area contributed by atoms with Crippen LogP contribution in [0.5, 0.6) is 0 Å². The lowest BCUT2D eigenvalue weighted by atomic mass is 10.3. The lowest BCUT2D eigenvalue weighted by Crippen LogP contribution is -2.08. The van der Waals surface area contributed by atoms with Crippen molar-refractivity contribution in [2.24, 2.45) is 0 Å². The molecule has 0 amide bonds. The minimum absolute atomic E-state index is 0.795. The van der Waals surface area contributed by atoms with E-state index in [0.717, 1.165) is 59.6 Å². The fraction of sp³-hybridized carbons (Fsp3) is 0.500. The summed E-state index contributed by atoms with van der Waals surface area (Å²) in [5.41, 5.74) is 1.12. The first-order chi connectivity index (χ1) is 10.2. The lowest BCUT2D eigenvalue weighted by Gasteiger charge is -2.13. The standard InChI is InChI=1S/C16H23N3OS/c1-4-7-14-18-15(17-9-5-2)12(3)16(19-14)21-11-13-8-6-10-20-13/h6,8,10H,4-5,7,9,11H2,1-3H3,(H,17,18,19). The van der Waals surface area contributed by atoms with E-state index in [1.54, 1.807) is 18.0 Å². The maximum absolute atomic E-state index is 5.39. The highest BCUT2D eigenvalue weighted by atomic mass is 32.2. The molecular weight excluding hydrogens is 282 g/mol. The van der Waals surface area contributed by atoms with Crippen LogP contribution >= 0.6 is 11.8 Å². The van der Waals surface area contributed by atoms with Crippen LogP contribution in [0.3, 0.4) is 0 Å². The van der Waals surface area contributed by atoms with E-state index in [0.29, 0.717) is 0 Å². The molecule has 0 bridgehead atoms. The van der Waals surface area contributed by atoms with Gasteiger partial charge < -0.3 is 9.73 Å². The van der Waals surface area contributed by atoms with Gasteiger partial charge in [-0.15, -0.1) is 0 Å². The predicted octanol–water partition coefficient (Wildman–Crippen LogP) is 4.44. The highest BCUT2D eigenvalue weighted by Gasteiger charge is 2.11. The zero-order chi connectivity index (χ0) is 15.1. The summed E-state index contributed by atoms with van der Waals surface area (Å²) in [4.78, 5) is 9.35. The van der Waals surface area contributed by atoms with Gasteiger partial charge in [-0.2, -0.15) is 0 Å². The number of aryl methyl sites for hydroxylation is 1. The van der Waals surface area contributed by atoms with Crippen LogP contribution < -0.4 is 5.32 Å². The zero-order valence-corrected chi connectivity index (χ0v) is 13.8. The van der Waals surface area contributed by atoms with Crippen LogP contribution in [-0.4, -0.2) is 16.5 Å². The topological polar surface area (TPSA) is 51.0 Å². The molecule has 0 aliphatic heterocycles. The molecule has 114 valence electrons. The van der Waals surface area contributed by atoms with Crippen molar-refractivity contribution in [1.29, 1.82) is 0 Å². The average molecular weight is 305 g/mol. The van der Waals surface area contributed by atoms with Gasteiger partial charge in [0.1, 0.15) is 22.4 Å². The molecule has 2 heterocycles. The Bertz CT molecular complexity index is 555. The number of nitrogens with one attached hydrogen (secondary N) is 1. The number of hydrogen-bond acceptors (Lipinski definition) is 5. The summed E-state index contributed by atoms with van der Waals surface area (Å²) in [5.74, 6) is 3.66. The molecule has 0 aromatic carbocycles. The Morgan fingerprint density at radius 2 is 2.10 bits per heavy atom. The summed E-state index contributed by atoms with van der Waals surface area (Å²) >= 11 is 1.71. The summed E-state index contributed by atoms with van der Waals surface area (Å²) in [5, 5.41) is 4.45. The maximum atomic E-state index is 5.39. The minimum Gasteiger partial charge on any atom is -0.468 e. The van der Waals surface area contributed by atoms with Crippen molar-refractivity contribution in [1.82, 2.24) is 9.97 Å². The van der Waals surface area contributed by atoms with Gasteiger partial charge in [0.05, 0.1) is 12.0 Å². The smallest absolute Gasteiger partial charge is 0.133 e. The Labute approximate surface area is 130 Å². The van der Waals surface area contributed by atoms with Gasteiger partial charge in [-0.3, -0.25) is 0 Å². The van der Waals surface area contributed by atoms with E-state index in [4.69, 9.17) is 9.40 Å². The van der Waals surface area contributed by atoms with Crippen molar-refractivity contribution < 1.29 is 4.42 Å². The third kappa shape index (κ3) is 4.49. The van der Waals surface area contributed by atoms with Crippen LogP contribution in [0.2, 0.25) is 0 Å². The Morgan fingerprint density at radius 1 is 1.24 bits per heavy atom. The molecule has 0 spiro atoms. The Hall–Kier alpha value is -1.49. The highest BCUT2D eigenvalue weighted by molar-refractivity contribution is 7.98. The number of aromatic nitrogens is 2. The quantitative estimate of drug-likeness (QED) is 0.577. The van der Waals surface area contributed by atoms with Crippen LogP contribution in [0.25, 0.3) is 0 Å². The molecule has 0 aliphatic carbocycles. The van der Waals surface area contributed by atoms with Gasteiger partial charge in [0.25, 0.3) is 0 Å². The van der Waals surface area contributed by atoms with E-state index in [1.165, 1.54) is 0 Å². The summed E-state index contributed by atoms with van der Waals surface area (Å²) in [7, 11) is 0. The van der Waals surface area contributed by atoms with Gasteiger partial charge >= 0.3 is 0 Å². The first-order valence-electron chi connectivity index (χ1n) is 7.51. The largest absolute Gasteiger partial charge is 0.468 e. The minimum atomic E-state index is 0.795. The average Bonchev–Trinajstić information content (AvgIpc) is 2.99. The molecule has 0 fully saturated rings. The number of rotatable bonds is 8. The van der Waals surface area contributed by atoms with E-state index in [1.807, 2.05) is 12.1 Å². The summed E-state index contributed by atoms with van der Waals surface area (Å²) in [6.45, 7) is 7.32. The van der Waals surface area contributed by atoms with E-state index in [-0.39, 0.29) is 0 Å². The number of nitrogens with zero attached hydrogens (tertiary/aromatic N) is 2. The van der Waals surface area contributed by atoms with Crippen molar-refractivity contribution in [3.63, 3.8) is 0 Å². The Balaban J connectivity index is 2.18. The van der Waals surface area contributed by atoms with Gasteiger partial charge in [0, 0.05) is 18.5 Å². The van der Waals surface area contributed by atoms with E-state index >= 15 is 0 Å². The Morgan fingerprint density at radius 3 is 2.76 bits per heavy atom. The normalized spacial score (nSPS) is 10.8. The number of furan rings is 1. The van der Waals surface area contributed by atoms with E-state index in [2.05, 4.69) is 31.1 Å². The monoisotopic (exact) mass is 305 g/mol. The van der Waals surface area contributed by atoms with Crippen molar-refractivity contribution in [3.05, 3.63) is 35.5 Å². The fourth-order valence-corrected chi connectivity index (χ4v) is 2.89. The molecule has 2 aromatic heterocycles. The zero-order valence-electron chi connectivity index (χ0n) is 13.0. The lowest BCUT2D eigenvalue weighted by molar-refractivity contribution is 0.530. The molecule has 4 nitrogen and oxygen atoms in total. The third-order valence-corrected chi connectivity index (χ3v) is 4.19. The molecule has 21 heavy (non-hydrogen) atoms. The molecule has 0 unspecified atom stereocenters. The van der Waals surface area contributed by atoms with Crippen LogP contribution in [0.1, 0.15) is 43.8 Å². The van der Waals surface area contributed by atoms with Gasteiger partial charge in [0.15, 0.2) is 0 Å². The second-order valence-electron chi connectivity index (χ2n) is 4.96. The first-order valence-corrected chi connectivity index (χ1v) is 8.49. The molecule has 2 rings (SSSR count). The van der Waals surface area contributed by atoms with Crippen LogP contribution in [0.15, 0.2) is 27.8 Å². The second-order valence-corrected chi connectivity index (χ2v) is 5.93. The maximum Gasteiger partial charge on any atom is 0.133 e. The van der Waals surface area contributed by atoms with Crippen LogP contribution in [0, 0.1) is 6.92 Å². The molecule has 0 atom stereocenters. The van der Waals surface area contributed by atoms with Crippen LogP contribution in [0.4, 0.5) is 5.82 Å². The number of hydrogen-bond donors (Lipinski definition) is 1. The second kappa shape index (κ2) is 8.08. The van der Waals surface area contributed by atoms with Crippen molar-refractivity contribution in [2.45, 2.75) is 50.8 Å². The van der Waals surface area contributed by atoms with Crippen molar-refractivity contribution in [3.8, 4) is 0 Å². The van der Waals surface area contributed by atoms with Gasteiger partial charge in [-0.25, -0.2) is 9.97 Å². The summed E-state index contributed by atoms with van der Waals surface area (Å²) < 4.78 is 5.39. The SMILES string of the molecule is CCCNc1nc(CCC)nc(SCc2ccco2)c1C. The number of thioether (sulfide) groups is 1. The van der Waals surface area contributed by atoms with Crippen molar-refractivity contribution >= 4 is 17.6 Å². The van der Waals surface area contributed by atoms with E-state index in [9.17, 15) is 0 Å². The molecule has 0 saturated carbocycles. The summed E-state index contributed by atoms with van der Waals surface area (Å²) in [6, 6.07) is 3.91. The fourth-order valence-electron chi connectivity index (χ4n) is 1.97. The molecule has 1 N–H and O–H groups in total. The van der Waals surface area contributed by atoms with Gasteiger partial charge in [-0.1, -0.05) is 25.6 Å². The van der Waals surface area contributed by atoms with Crippen molar-refractivity contribution in [2.75, 3.05) is 11.9 Å². The van der Waals surface area contributed by atoms with Gasteiger partial charge in [0.2, 0.25) is 0 Å². The Kier molecular flexibility index (Phi) is 6.11. The van der Waals surface area contributed by atoms with Crippen LogP contribution in [-0.2, 0) is 12.2 Å². The molecular formula is C16H23N3OS. The predicted molar refractivity (Wildman–Crippen MR) is 87.8 cm³/mol. The third-order valence-electron chi connectivity index (χ3n) is 3.09. The molecule has 2 aromatic rings. The first kappa shape index (κ1) is 15.9. The highest BCUT2D eigenvalue weighted by Crippen LogP contribution is 2.28. The molecule has 5 heteroatoms. The van der Waals surface area contributed by atoms with Gasteiger partial charge in [-0.05, 0) is 31.9 Å². The molecule has 0 saturated heterocycles. The molecule has 0 aliphatic rings. The molecule has 0 radical (unpaired) electrons. The van der Waals surface area contributed by atoms with E-state index < -0.39 is 0 Å².